The van der Waals surface area contributed by atoms with E-state index in [1.807, 2.05) is 13.0 Å². The van der Waals surface area contributed by atoms with Crippen molar-refractivity contribution in [3.63, 3.8) is 0 Å². The van der Waals surface area contributed by atoms with Crippen LogP contribution >= 0.6 is 0 Å². The molecule has 1 unspecified atom stereocenters. The summed E-state index contributed by atoms with van der Waals surface area (Å²) in [6.07, 6.45) is 2.62. The number of carbonyl (C=O) groups is 1. The Balaban J connectivity index is 1.98. The van der Waals surface area contributed by atoms with Crippen LogP contribution in [0, 0.1) is 6.92 Å². The van der Waals surface area contributed by atoms with Crippen molar-refractivity contribution in [2.45, 2.75) is 19.4 Å². The average molecular weight is 205 g/mol. The van der Waals surface area contributed by atoms with Crippen LogP contribution in [0.15, 0.2) is 18.3 Å². The normalized spacial score (nSPS) is 20.2. The molecule has 0 radical (unpaired) electrons. The highest BCUT2D eigenvalue weighted by atomic mass is 16.1. The Morgan fingerprint density at radius 3 is 3.07 bits per heavy atom. The molecule has 2 rings (SSSR count). The zero-order valence-electron chi connectivity index (χ0n) is 8.79. The summed E-state index contributed by atoms with van der Waals surface area (Å²) in [7, 11) is 0. The van der Waals surface area contributed by atoms with E-state index in [1.54, 1.807) is 12.3 Å². The minimum atomic E-state index is -0.0313. The Bertz CT molecular complexity index is 341. The molecule has 1 aliphatic rings. The monoisotopic (exact) mass is 205 g/mol. The highest BCUT2D eigenvalue weighted by molar-refractivity contribution is 5.94. The molecule has 0 aliphatic carbocycles. The first kappa shape index (κ1) is 10.1. The first-order valence-corrected chi connectivity index (χ1v) is 5.20. The lowest BCUT2D eigenvalue weighted by Gasteiger charge is -2.10. The number of carbonyl (C=O) groups excluding carboxylic acids is 1. The zero-order valence-corrected chi connectivity index (χ0v) is 8.79. The number of pyridine rings is 1. The zero-order chi connectivity index (χ0) is 10.7. The van der Waals surface area contributed by atoms with Crippen LogP contribution in [0.3, 0.4) is 0 Å². The average Bonchev–Trinajstić information content (AvgIpc) is 2.71. The number of rotatable bonds is 2. The fourth-order valence-electron chi connectivity index (χ4n) is 1.65. The topological polar surface area (TPSA) is 54.0 Å². The molecule has 1 aromatic rings. The number of aromatic nitrogens is 1. The van der Waals surface area contributed by atoms with Gasteiger partial charge in [-0.2, -0.15) is 0 Å². The van der Waals surface area contributed by atoms with Gasteiger partial charge in [-0.15, -0.1) is 0 Å². The molecule has 1 saturated heterocycles. The predicted molar refractivity (Wildman–Crippen MR) is 57.7 cm³/mol. The van der Waals surface area contributed by atoms with Gasteiger partial charge < -0.3 is 10.6 Å². The highest BCUT2D eigenvalue weighted by Crippen LogP contribution is 2.02. The Morgan fingerprint density at radius 2 is 2.47 bits per heavy atom. The van der Waals surface area contributed by atoms with E-state index in [9.17, 15) is 4.79 Å². The molecule has 1 aromatic heterocycles. The Hall–Kier alpha value is -1.42. The van der Waals surface area contributed by atoms with E-state index >= 15 is 0 Å². The maximum Gasteiger partial charge on any atom is 0.253 e. The van der Waals surface area contributed by atoms with Gasteiger partial charge in [0.2, 0.25) is 0 Å². The summed E-state index contributed by atoms with van der Waals surface area (Å²) in [6, 6.07) is 3.92. The van der Waals surface area contributed by atoms with Gasteiger partial charge in [-0.25, -0.2) is 0 Å². The summed E-state index contributed by atoms with van der Waals surface area (Å²) >= 11 is 0. The number of aryl methyl sites for hydroxylation is 1. The Kier molecular flexibility index (Phi) is 2.97. The minimum absolute atomic E-state index is 0.0313. The molecule has 15 heavy (non-hydrogen) atoms. The van der Waals surface area contributed by atoms with E-state index in [4.69, 9.17) is 0 Å². The minimum Gasteiger partial charge on any atom is -0.348 e. The van der Waals surface area contributed by atoms with Crippen molar-refractivity contribution < 1.29 is 4.79 Å². The van der Waals surface area contributed by atoms with E-state index in [0.717, 1.165) is 25.2 Å². The molecular weight excluding hydrogens is 190 g/mol. The van der Waals surface area contributed by atoms with Crippen molar-refractivity contribution in [1.29, 1.82) is 0 Å². The van der Waals surface area contributed by atoms with E-state index in [1.165, 1.54) is 0 Å². The van der Waals surface area contributed by atoms with Gasteiger partial charge in [-0.3, -0.25) is 9.78 Å². The molecule has 0 aromatic carbocycles. The first-order chi connectivity index (χ1) is 7.25. The summed E-state index contributed by atoms with van der Waals surface area (Å²) in [6.45, 7) is 3.75. The lowest BCUT2D eigenvalue weighted by molar-refractivity contribution is 0.0939. The summed E-state index contributed by atoms with van der Waals surface area (Å²) in [5.74, 6) is -0.0313. The summed E-state index contributed by atoms with van der Waals surface area (Å²) in [5.41, 5.74) is 1.56. The molecule has 0 saturated carbocycles. The maximum atomic E-state index is 11.7. The van der Waals surface area contributed by atoms with Gasteiger partial charge in [0.15, 0.2) is 0 Å². The third-order valence-electron chi connectivity index (χ3n) is 2.57. The smallest absolute Gasteiger partial charge is 0.253 e. The maximum absolute atomic E-state index is 11.7. The SMILES string of the molecule is Cc1ccc(C(=O)NC2CCNC2)cn1. The second kappa shape index (κ2) is 4.40. The number of amides is 1. The molecule has 1 fully saturated rings. The second-order valence-electron chi connectivity index (χ2n) is 3.85. The lowest BCUT2D eigenvalue weighted by Crippen LogP contribution is -2.36. The van der Waals surface area contributed by atoms with Crippen LogP contribution in [0.25, 0.3) is 0 Å². The van der Waals surface area contributed by atoms with E-state index in [0.29, 0.717) is 5.56 Å². The third-order valence-corrected chi connectivity index (χ3v) is 2.57. The predicted octanol–water partition coefficient (Wildman–Crippen LogP) is 0.482. The van der Waals surface area contributed by atoms with Crippen molar-refractivity contribution in [1.82, 2.24) is 15.6 Å². The molecule has 4 heteroatoms. The largest absolute Gasteiger partial charge is 0.348 e. The lowest BCUT2D eigenvalue weighted by atomic mass is 10.2. The summed E-state index contributed by atoms with van der Waals surface area (Å²) in [4.78, 5) is 15.8. The summed E-state index contributed by atoms with van der Waals surface area (Å²) in [5, 5.41) is 6.18. The van der Waals surface area contributed by atoms with Gasteiger partial charge in [-0.1, -0.05) is 0 Å². The van der Waals surface area contributed by atoms with Crippen molar-refractivity contribution >= 4 is 5.91 Å². The molecule has 80 valence electrons. The molecule has 1 atom stereocenters. The first-order valence-electron chi connectivity index (χ1n) is 5.20. The molecular formula is C11H15N3O. The molecule has 4 nitrogen and oxygen atoms in total. The fraction of sp³-hybridized carbons (Fsp3) is 0.455. The van der Waals surface area contributed by atoms with Crippen LogP contribution < -0.4 is 10.6 Å². The summed E-state index contributed by atoms with van der Waals surface area (Å²) < 4.78 is 0. The molecule has 0 bridgehead atoms. The molecule has 1 amide bonds. The molecule has 2 heterocycles. The van der Waals surface area contributed by atoms with Gasteiger partial charge in [0.25, 0.3) is 5.91 Å². The van der Waals surface area contributed by atoms with Crippen LogP contribution in [-0.2, 0) is 0 Å². The van der Waals surface area contributed by atoms with Crippen LogP contribution in [0.4, 0.5) is 0 Å². The Labute approximate surface area is 89.1 Å². The van der Waals surface area contributed by atoms with Crippen molar-refractivity contribution in [3.05, 3.63) is 29.6 Å². The van der Waals surface area contributed by atoms with Gasteiger partial charge in [0.1, 0.15) is 0 Å². The molecule has 2 N–H and O–H groups in total. The van der Waals surface area contributed by atoms with E-state index in [2.05, 4.69) is 15.6 Å². The van der Waals surface area contributed by atoms with Crippen LogP contribution in [0.5, 0.6) is 0 Å². The van der Waals surface area contributed by atoms with Crippen LogP contribution in [-0.4, -0.2) is 30.0 Å². The fourth-order valence-corrected chi connectivity index (χ4v) is 1.65. The molecule has 1 aliphatic heterocycles. The number of hydrogen-bond acceptors (Lipinski definition) is 3. The van der Waals surface area contributed by atoms with E-state index < -0.39 is 0 Å². The van der Waals surface area contributed by atoms with Crippen LogP contribution in [0.1, 0.15) is 22.5 Å². The second-order valence-corrected chi connectivity index (χ2v) is 3.85. The van der Waals surface area contributed by atoms with Gasteiger partial charge >= 0.3 is 0 Å². The van der Waals surface area contributed by atoms with Crippen LogP contribution in [0.2, 0.25) is 0 Å². The Morgan fingerprint density at radius 1 is 1.60 bits per heavy atom. The number of nitrogens with zero attached hydrogens (tertiary/aromatic N) is 1. The third kappa shape index (κ3) is 2.53. The molecule has 0 spiro atoms. The van der Waals surface area contributed by atoms with Gasteiger partial charge in [-0.05, 0) is 32.0 Å². The van der Waals surface area contributed by atoms with Crippen molar-refractivity contribution in [2.24, 2.45) is 0 Å². The number of hydrogen-bond donors (Lipinski definition) is 2. The van der Waals surface area contributed by atoms with Crippen molar-refractivity contribution in [2.75, 3.05) is 13.1 Å². The highest BCUT2D eigenvalue weighted by Gasteiger charge is 2.17. The van der Waals surface area contributed by atoms with Gasteiger partial charge in [0, 0.05) is 24.5 Å². The van der Waals surface area contributed by atoms with Gasteiger partial charge in [0.05, 0.1) is 5.56 Å². The standard InChI is InChI=1S/C11H15N3O/c1-8-2-3-9(6-13-8)11(15)14-10-4-5-12-7-10/h2-3,6,10,12H,4-5,7H2,1H3,(H,14,15). The van der Waals surface area contributed by atoms with E-state index in [-0.39, 0.29) is 11.9 Å². The quantitative estimate of drug-likeness (QED) is 0.738. The van der Waals surface area contributed by atoms with Crippen molar-refractivity contribution in [3.8, 4) is 0 Å². The number of nitrogens with one attached hydrogen (secondary N) is 2.